The van der Waals surface area contributed by atoms with Crippen molar-refractivity contribution in [2.45, 2.75) is 37.3 Å². The average Bonchev–Trinajstić information content (AvgIpc) is 3.04. The molecule has 3 aliphatic rings. The van der Waals surface area contributed by atoms with E-state index >= 15 is 0 Å². The highest BCUT2D eigenvalue weighted by molar-refractivity contribution is 6.30. The number of benzene rings is 3. The van der Waals surface area contributed by atoms with Gasteiger partial charge in [-0.05, 0) is 53.3 Å². The minimum atomic E-state index is -0.437. The molecule has 1 spiro atoms. The molecule has 182 valence electrons. The van der Waals surface area contributed by atoms with Gasteiger partial charge in [0.25, 0.3) is 0 Å². The minimum absolute atomic E-state index is 0. The van der Waals surface area contributed by atoms with Gasteiger partial charge in [0.15, 0.2) is 0 Å². The first-order valence-corrected chi connectivity index (χ1v) is 12.7. The highest BCUT2D eigenvalue weighted by atomic mass is 35.5. The molecule has 1 fully saturated rings. The van der Waals surface area contributed by atoms with Gasteiger partial charge in [0.1, 0.15) is 5.60 Å². The highest BCUT2D eigenvalue weighted by Gasteiger charge is 2.46. The fourth-order valence-electron chi connectivity index (χ4n) is 5.98. The molecule has 4 nitrogen and oxygen atoms in total. The lowest BCUT2D eigenvalue weighted by Crippen LogP contribution is -2.45. The van der Waals surface area contributed by atoms with Crippen LogP contribution in [0.2, 0.25) is 5.02 Å². The number of ether oxygens (including phenoxy) is 1. The number of esters is 1. The van der Waals surface area contributed by atoms with Crippen LogP contribution in [0.25, 0.3) is 0 Å². The number of likely N-dealkylation sites (tertiary alicyclic amines) is 1. The summed E-state index contributed by atoms with van der Waals surface area (Å²) in [5.41, 5.74) is 6.81. The molecule has 1 unspecified atom stereocenters. The van der Waals surface area contributed by atoms with Crippen LogP contribution in [0.5, 0.6) is 0 Å². The van der Waals surface area contributed by atoms with E-state index in [4.69, 9.17) is 16.3 Å². The van der Waals surface area contributed by atoms with Gasteiger partial charge < -0.3 is 15.0 Å². The van der Waals surface area contributed by atoms with Gasteiger partial charge in [-0.1, -0.05) is 60.1 Å². The molecule has 1 saturated heterocycles. The van der Waals surface area contributed by atoms with Crippen molar-refractivity contribution in [1.82, 2.24) is 10.2 Å². The van der Waals surface area contributed by atoms with E-state index in [1.807, 2.05) is 24.3 Å². The van der Waals surface area contributed by atoms with Gasteiger partial charge in [-0.15, -0.1) is 12.4 Å². The third-order valence-corrected chi connectivity index (χ3v) is 8.05. The molecular formula is C29H30Cl2N2O2. The summed E-state index contributed by atoms with van der Waals surface area (Å²) in [5.74, 6) is -0.171. The Morgan fingerprint density at radius 3 is 2.49 bits per heavy atom. The summed E-state index contributed by atoms with van der Waals surface area (Å²) in [7, 11) is 0. The number of nitrogens with one attached hydrogen (secondary N) is 1. The van der Waals surface area contributed by atoms with E-state index in [0.29, 0.717) is 0 Å². The third kappa shape index (κ3) is 4.49. The van der Waals surface area contributed by atoms with Crippen molar-refractivity contribution in [3.8, 4) is 0 Å². The first kappa shape index (κ1) is 24.3. The molecule has 2 aliphatic heterocycles. The summed E-state index contributed by atoms with van der Waals surface area (Å²) >= 11 is 6.41. The molecule has 1 N–H and O–H groups in total. The maximum absolute atomic E-state index is 12.4. The molecule has 1 aliphatic carbocycles. The summed E-state index contributed by atoms with van der Waals surface area (Å²) < 4.78 is 5.92. The number of rotatable bonds is 4. The van der Waals surface area contributed by atoms with Gasteiger partial charge in [0, 0.05) is 49.6 Å². The Kier molecular flexibility index (Phi) is 6.91. The van der Waals surface area contributed by atoms with E-state index in [0.717, 1.165) is 68.0 Å². The number of fused-ring (bicyclic) bond motifs is 4. The lowest BCUT2D eigenvalue weighted by atomic mass is 9.84. The summed E-state index contributed by atoms with van der Waals surface area (Å²) in [6, 6.07) is 23.1. The maximum Gasteiger partial charge on any atom is 0.339 e. The summed E-state index contributed by atoms with van der Waals surface area (Å²) in [4.78, 5) is 14.8. The van der Waals surface area contributed by atoms with Crippen molar-refractivity contribution >= 4 is 30.0 Å². The van der Waals surface area contributed by atoms with Crippen molar-refractivity contribution < 1.29 is 9.53 Å². The van der Waals surface area contributed by atoms with Crippen molar-refractivity contribution in [1.29, 1.82) is 0 Å². The smallest absolute Gasteiger partial charge is 0.339 e. The predicted octanol–water partition coefficient (Wildman–Crippen LogP) is 5.70. The fourth-order valence-corrected chi connectivity index (χ4v) is 6.17. The second-order valence-electron chi connectivity index (χ2n) is 9.70. The summed E-state index contributed by atoms with van der Waals surface area (Å²) in [6.45, 7) is 3.69. The fraction of sp³-hybridized carbons (Fsp3) is 0.345. The molecule has 0 aromatic heterocycles. The van der Waals surface area contributed by atoms with Crippen LogP contribution < -0.4 is 5.32 Å². The van der Waals surface area contributed by atoms with E-state index in [1.165, 1.54) is 22.3 Å². The molecule has 35 heavy (non-hydrogen) atoms. The van der Waals surface area contributed by atoms with Crippen LogP contribution in [0.15, 0.2) is 66.7 Å². The first-order valence-electron chi connectivity index (χ1n) is 12.3. The molecule has 6 rings (SSSR count). The Labute approximate surface area is 218 Å². The number of hydrogen-bond donors (Lipinski definition) is 1. The number of hydrogen-bond acceptors (Lipinski definition) is 4. The Morgan fingerprint density at radius 2 is 1.66 bits per heavy atom. The molecule has 6 heteroatoms. The lowest BCUT2D eigenvalue weighted by Gasteiger charge is -2.38. The average molecular weight is 509 g/mol. The number of aryl methyl sites for hydroxylation is 2. The van der Waals surface area contributed by atoms with E-state index in [9.17, 15) is 4.79 Å². The van der Waals surface area contributed by atoms with Crippen LogP contribution in [0.4, 0.5) is 0 Å². The second-order valence-corrected chi connectivity index (χ2v) is 10.1. The largest absolute Gasteiger partial charge is 0.450 e. The Hall–Kier alpha value is -2.37. The van der Waals surface area contributed by atoms with Gasteiger partial charge in [0.2, 0.25) is 0 Å². The highest BCUT2D eigenvalue weighted by Crippen LogP contribution is 2.44. The summed E-state index contributed by atoms with van der Waals surface area (Å²) in [6.07, 6.45) is 3.79. The quantitative estimate of drug-likeness (QED) is 0.458. The Bertz CT molecular complexity index is 1240. The van der Waals surface area contributed by atoms with Crippen LogP contribution in [0, 0.1) is 0 Å². The van der Waals surface area contributed by atoms with Gasteiger partial charge in [0.05, 0.1) is 11.6 Å². The zero-order valence-electron chi connectivity index (χ0n) is 19.6. The SMILES string of the molecule is Cl.O=C1OC2(CCN(CCNC3c4ccccc4CCc4ccc(Cl)cc43)CC2)c2ccccc21. The zero-order valence-corrected chi connectivity index (χ0v) is 21.2. The van der Waals surface area contributed by atoms with Crippen LogP contribution in [-0.2, 0) is 23.2 Å². The van der Waals surface area contributed by atoms with Gasteiger partial charge in [-0.3, -0.25) is 0 Å². The number of halogens is 2. The molecule has 3 aromatic carbocycles. The van der Waals surface area contributed by atoms with Gasteiger partial charge in [-0.2, -0.15) is 0 Å². The monoisotopic (exact) mass is 508 g/mol. The van der Waals surface area contributed by atoms with Crippen molar-refractivity contribution in [2.24, 2.45) is 0 Å². The predicted molar refractivity (Wildman–Crippen MR) is 142 cm³/mol. The van der Waals surface area contributed by atoms with Gasteiger partial charge in [-0.25, -0.2) is 4.79 Å². The molecular weight excluding hydrogens is 479 g/mol. The van der Waals surface area contributed by atoms with Crippen LogP contribution in [0.3, 0.4) is 0 Å². The molecule has 0 bridgehead atoms. The van der Waals surface area contributed by atoms with E-state index in [2.05, 4.69) is 52.7 Å². The van der Waals surface area contributed by atoms with Crippen molar-refractivity contribution in [2.75, 3.05) is 26.2 Å². The molecule has 2 heterocycles. The number of nitrogens with zero attached hydrogens (tertiary/aromatic N) is 1. The zero-order chi connectivity index (χ0) is 23.1. The van der Waals surface area contributed by atoms with E-state index in [1.54, 1.807) is 0 Å². The number of carbonyl (C=O) groups is 1. The van der Waals surface area contributed by atoms with Crippen LogP contribution >= 0.6 is 24.0 Å². The Morgan fingerprint density at radius 1 is 0.943 bits per heavy atom. The third-order valence-electron chi connectivity index (χ3n) is 7.81. The molecule has 1 atom stereocenters. The normalized spacial score (nSPS) is 20.3. The molecule has 0 radical (unpaired) electrons. The molecule has 3 aromatic rings. The molecule has 0 amide bonds. The van der Waals surface area contributed by atoms with Gasteiger partial charge >= 0.3 is 5.97 Å². The molecule has 0 saturated carbocycles. The standard InChI is InChI=1S/C29H29ClN2O2.ClH/c30-22-12-11-21-10-9-20-5-1-2-6-23(20)27(25(21)19-22)31-15-18-32-16-13-29(14-17-32)26-8-4-3-7-24(26)28(33)34-29;/h1-8,11-12,19,27,31H,9-10,13-18H2;1H. The topological polar surface area (TPSA) is 41.6 Å². The Balaban J connectivity index is 0.00000253. The number of piperidine rings is 1. The van der Waals surface area contributed by atoms with Crippen molar-refractivity contribution in [3.05, 3.63) is 105 Å². The second kappa shape index (κ2) is 9.94. The van der Waals surface area contributed by atoms with Crippen LogP contribution in [-0.4, -0.2) is 37.0 Å². The van der Waals surface area contributed by atoms with E-state index in [-0.39, 0.29) is 24.4 Å². The lowest BCUT2D eigenvalue weighted by molar-refractivity contribution is -0.0426. The first-order chi connectivity index (χ1) is 16.6. The number of carbonyl (C=O) groups excluding carboxylic acids is 1. The minimum Gasteiger partial charge on any atom is -0.450 e. The van der Waals surface area contributed by atoms with E-state index < -0.39 is 5.60 Å². The summed E-state index contributed by atoms with van der Waals surface area (Å²) in [5, 5.41) is 4.64. The van der Waals surface area contributed by atoms with Crippen molar-refractivity contribution in [3.63, 3.8) is 0 Å². The van der Waals surface area contributed by atoms with Crippen LogP contribution in [0.1, 0.15) is 57.1 Å². The maximum atomic E-state index is 12.4.